The van der Waals surface area contributed by atoms with Crippen LogP contribution in [-0.2, 0) is 13.0 Å². The maximum Gasteiger partial charge on any atom is 0.274 e. The van der Waals surface area contributed by atoms with Gasteiger partial charge in [0.15, 0.2) is 5.69 Å². The molecule has 0 spiro atoms. The topological polar surface area (TPSA) is 79.7 Å². The van der Waals surface area contributed by atoms with Gasteiger partial charge in [-0.25, -0.2) is 9.97 Å². The van der Waals surface area contributed by atoms with Crippen LogP contribution in [0.1, 0.15) is 58.9 Å². The van der Waals surface area contributed by atoms with Gasteiger partial charge in [-0.2, -0.15) is 5.10 Å². The van der Waals surface area contributed by atoms with Crippen LogP contribution in [-0.4, -0.2) is 48.6 Å². The minimum atomic E-state index is 0.0192. The summed E-state index contributed by atoms with van der Waals surface area (Å²) in [5.74, 6) is 1.29. The van der Waals surface area contributed by atoms with Crippen molar-refractivity contribution in [2.75, 3.05) is 13.1 Å². The normalized spacial score (nSPS) is 17.4. The smallest absolute Gasteiger partial charge is 0.274 e. The number of aromatic amines is 1. The highest BCUT2D eigenvalue weighted by Gasteiger charge is 2.30. The lowest BCUT2D eigenvalue weighted by atomic mass is 9.96. The van der Waals surface area contributed by atoms with Crippen LogP contribution >= 0.6 is 11.3 Å². The van der Waals surface area contributed by atoms with E-state index in [1.165, 1.54) is 0 Å². The molecule has 1 unspecified atom stereocenters. The SMILES string of the molecule is CCc1[nH]nc(C(=O)N2CCCC(c3nccn3Cc3cscn3)C2)c1C. The third-order valence-electron chi connectivity index (χ3n) is 5.30. The molecule has 3 aromatic rings. The number of nitrogens with zero attached hydrogens (tertiary/aromatic N) is 5. The molecule has 1 atom stereocenters. The largest absolute Gasteiger partial charge is 0.337 e. The molecule has 3 aromatic heterocycles. The highest BCUT2D eigenvalue weighted by Crippen LogP contribution is 2.27. The van der Waals surface area contributed by atoms with Gasteiger partial charge >= 0.3 is 0 Å². The molecule has 0 saturated carbocycles. The number of thiazole rings is 1. The Hall–Kier alpha value is -2.48. The summed E-state index contributed by atoms with van der Waals surface area (Å²) in [7, 11) is 0. The predicted molar refractivity (Wildman–Crippen MR) is 104 cm³/mol. The highest BCUT2D eigenvalue weighted by atomic mass is 32.1. The quantitative estimate of drug-likeness (QED) is 0.733. The lowest BCUT2D eigenvalue weighted by molar-refractivity contribution is 0.0696. The Morgan fingerprint density at radius 1 is 1.41 bits per heavy atom. The summed E-state index contributed by atoms with van der Waals surface area (Å²) in [6.45, 7) is 6.21. The van der Waals surface area contributed by atoms with Crippen LogP contribution in [0.3, 0.4) is 0 Å². The first-order chi connectivity index (χ1) is 13.2. The van der Waals surface area contributed by atoms with Crippen LogP contribution in [0.2, 0.25) is 0 Å². The van der Waals surface area contributed by atoms with Gasteiger partial charge in [-0.1, -0.05) is 6.92 Å². The van der Waals surface area contributed by atoms with Crippen molar-refractivity contribution < 1.29 is 4.79 Å². The van der Waals surface area contributed by atoms with E-state index in [9.17, 15) is 4.79 Å². The fourth-order valence-electron chi connectivity index (χ4n) is 3.81. The van der Waals surface area contributed by atoms with Crippen molar-refractivity contribution in [3.8, 4) is 0 Å². The molecule has 1 aliphatic heterocycles. The monoisotopic (exact) mass is 384 g/mol. The molecule has 4 heterocycles. The molecule has 1 saturated heterocycles. The second-order valence-electron chi connectivity index (χ2n) is 7.01. The van der Waals surface area contributed by atoms with Crippen LogP contribution in [0.25, 0.3) is 0 Å². The van der Waals surface area contributed by atoms with Crippen LogP contribution in [0.5, 0.6) is 0 Å². The molecule has 0 aliphatic carbocycles. The predicted octanol–water partition coefficient (Wildman–Crippen LogP) is 3.00. The van der Waals surface area contributed by atoms with Crippen molar-refractivity contribution in [3.05, 3.63) is 51.8 Å². The molecule has 1 fully saturated rings. The summed E-state index contributed by atoms with van der Waals surface area (Å²) >= 11 is 1.60. The molecular formula is C19H24N6OS. The molecule has 1 aliphatic rings. The molecule has 0 aromatic carbocycles. The van der Waals surface area contributed by atoms with Crippen LogP contribution < -0.4 is 0 Å². The lowest BCUT2D eigenvalue weighted by Gasteiger charge is -2.32. The Morgan fingerprint density at radius 2 is 2.30 bits per heavy atom. The van der Waals surface area contributed by atoms with Crippen molar-refractivity contribution in [2.45, 2.75) is 45.6 Å². The van der Waals surface area contributed by atoms with Crippen molar-refractivity contribution in [2.24, 2.45) is 0 Å². The van der Waals surface area contributed by atoms with Crippen LogP contribution in [0.15, 0.2) is 23.3 Å². The number of likely N-dealkylation sites (tertiary alicyclic amines) is 1. The second kappa shape index (κ2) is 7.64. The summed E-state index contributed by atoms with van der Waals surface area (Å²) in [5, 5.41) is 9.33. The Morgan fingerprint density at radius 3 is 3.04 bits per heavy atom. The third kappa shape index (κ3) is 3.53. The third-order valence-corrected chi connectivity index (χ3v) is 5.94. The van der Waals surface area contributed by atoms with Gasteiger partial charge < -0.3 is 9.47 Å². The minimum absolute atomic E-state index is 0.0192. The maximum atomic E-state index is 13.0. The van der Waals surface area contributed by atoms with Crippen molar-refractivity contribution in [1.29, 1.82) is 0 Å². The van der Waals surface area contributed by atoms with Gasteiger partial charge in [-0.3, -0.25) is 9.89 Å². The fourth-order valence-corrected chi connectivity index (χ4v) is 4.36. The van der Waals surface area contributed by atoms with Crippen molar-refractivity contribution in [1.82, 2.24) is 29.6 Å². The molecule has 142 valence electrons. The molecule has 27 heavy (non-hydrogen) atoms. The van der Waals surface area contributed by atoms with Gasteiger partial charge in [0.2, 0.25) is 0 Å². The molecular weight excluding hydrogens is 360 g/mol. The van der Waals surface area contributed by atoms with E-state index < -0.39 is 0 Å². The molecule has 8 heteroatoms. The van der Waals surface area contributed by atoms with Gasteiger partial charge in [0, 0.05) is 48.0 Å². The van der Waals surface area contributed by atoms with Gasteiger partial charge in [0.05, 0.1) is 17.7 Å². The molecule has 0 bridgehead atoms. The summed E-state index contributed by atoms with van der Waals surface area (Å²) in [5.41, 5.74) is 5.45. The molecule has 4 rings (SSSR count). The minimum Gasteiger partial charge on any atom is -0.337 e. The number of piperidine rings is 1. The second-order valence-corrected chi connectivity index (χ2v) is 7.73. The molecule has 7 nitrogen and oxygen atoms in total. The number of imidazole rings is 1. The highest BCUT2D eigenvalue weighted by molar-refractivity contribution is 7.07. The average molecular weight is 385 g/mol. The van der Waals surface area contributed by atoms with E-state index in [-0.39, 0.29) is 11.8 Å². The Kier molecular flexibility index (Phi) is 5.07. The van der Waals surface area contributed by atoms with E-state index in [0.717, 1.165) is 55.1 Å². The summed E-state index contributed by atoms with van der Waals surface area (Å²) in [6, 6.07) is 0. The van der Waals surface area contributed by atoms with Crippen LogP contribution in [0, 0.1) is 6.92 Å². The summed E-state index contributed by atoms with van der Waals surface area (Å²) in [4.78, 5) is 23.9. The van der Waals surface area contributed by atoms with Gasteiger partial charge in [-0.05, 0) is 26.2 Å². The van der Waals surface area contributed by atoms with Gasteiger partial charge in [-0.15, -0.1) is 11.3 Å². The average Bonchev–Trinajstić information content (AvgIpc) is 3.43. The van der Waals surface area contributed by atoms with Crippen molar-refractivity contribution >= 4 is 17.2 Å². The number of hydrogen-bond donors (Lipinski definition) is 1. The number of carbonyl (C=O) groups is 1. The number of rotatable bonds is 5. The first-order valence-electron chi connectivity index (χ1n) is 9.38. The first kappa shape index (κ1) is 17.9. The van der Waals surface area contributed by atoms with Crippen molar-refractivity contribution in [3.63, 3.8) is 0 Å². The summed E-state index contributed by atoms with van der Waals surface area (Å²) in [6.07, 6.45) is 6.71. The number of carbonyl (C=O) groups excluding carboxylic acids is 1. The number of hydrogen-bond acceptors (Lipinski definition) is 5. The van der Waals surface area contributed by atoms with E-state index in [0.29, 0.717) is 12.2 Å². The fraction of sp³-hybridized carbons (Fsp3) is 0.474. The van der Waals surface area contributed by atoms with E-state index in [1.807, 2.05) is 29.7 Å². The number of nitrogens with one attached hydrogen (secondary N) is 1. The van der Waals surface area contributed by atoms with E-state index >= 15 is 0 Å². The van der Waals surface area contributed by atoms with E-state index in [2.05, 4.69) is 37.0 Å². The summed E-state index contributed by atoms with van der Waals surface area (Å²) < 4.78 is 2.16. The Balaban J connectivity index is 1.51. The molecule has 1 amide bonds. The number of aryl methyl sites for hydroxylation is 1. The lowest BCUT2D eigenvalue weighted by Crippen LogP contribution is -2.40. The number of H-pyrrole nitrogens is 1. The zero-order valence-electron chi connectivity index (χ0n) is 15.7. The Bertz CT molecular complexity index is 913. The van der Waals surface area contributed by atoms with Crippen LogP contribution in [0.4, 0.5) is 0 Å². The van der Waals surface area contributed by atoms with Gasteiger partial charge in [0.1, 0.15) is 5.82 Å². The maximum absolute atomic E-state index is 13.0. The zero-order chi connectivity index (χ0) is 18.8. The molecule has 1 N–H and O–H groups in total. The number of aromatic nitrogens is 5. The molecule has 0 radical (unpaired) electrons. The number of amides is 1. The van der Waals surface area contributed by atoms with E-state index in [1.54, 1.807) is 11.3 Å². The van der Waals surface area contributed by atoms with Gasteiger partial charge in [0.25, 0.3) is 5.91 Å². The van der Waals surface area contributed by atoms with E-state index in [4.69, 9.17) is 0 Å². The first-order valence-corrected chi connectivity index (χ1v) is 10.3. The zero-order valence-corrected chi connectivity index (χ0v) is 16.5. The Labute approximate surface area is 162 Å². The standard InChI is InChI=1S/C19H24N6OS/c1-3-16-13(2)17(23-22-16)19(26)25-7-4-5-14(9-25)18-20-6-8-24(18)10-15-11-27-12-21-15/h6,8,11-12,14H,3-5,7,9-10H2,1-2H3,(H,22,23).